The van der Waals surface area contributed by atoms with Crippen LogP contribution in [0.15, 0.2) is 18.2 Å². The van der Waals surface area contributed by atoms with E-state index in [0.29, 0.717) is 18.8 Å². The molecule has 0 N–H and O–H groups in total. The molecule has 6 heteroatoms. The predicted octanol–water partition coefficient (Wildman–Crippen LogP) is 1.80. The molecule has 1 aliphatic rings. The van der Waals surface area contributed by atoms with Gasteiger partial charge in [0.25, 0.3) is 0 Å². The molecule has 94 valence electrons. The normalized spacial score (nSPS) is 19.3. The Hall–Kier alpha value is -0.810. The van der Waals surface area contributed by atoms with Crippen molar-refractivity contribution in [2.24, 2.45) is 0 Å². The van der Waals surface area contributed by atoms with Gasteiger partial charge in [0.2, 0.25) is 0 Å². The first-order valence-electron chi connectivity index (χ1n) is 5.31. The summed E-state index contributed by atoms with van der Waals surface area (Å²) in [5.41, 5.74) is 1.17. The fourth-order valence-electron chi connectivity index (χ4n) is 1.84. The molecule has 0 atom stereocenters. The minimum Gasteiger partial charge on any atom is -0.367 e. The molecule has 1 aliphatic heterocycles. The molecular weight excluding hydrogens is 265 g/mol. The molecule has 1 aromatic rings. The van der Waals surface area contributed by atoms with Gasteiger partial charge in [-0.3, -0.25) is 0 Å². The Kier molecular flexibility index (Phi) is 3.58. The first-order valence-corrected chi connectivity index (χ1v) is 7.67. The lowest BCUT2D eigenvalue weighted by atomic mass is 10.2. The molecule has 0 aliphatic carbocycles. The van der Waals surface area contributed by atoms with Crippen LogP contribution in [0.2, 0.25) is 0 Å². The van der Waals surface area contributed by atoms with Gasteiger partial charge in [-0.2, -0.15) is 0 Å². The van der Waals surface area contributed by atoms with Crippen molar-refractivity contribution in [1.82, 2.24) is 0 Å². The maximum absolute atomic E-state index is 13.8. The Morgan fingerprint density at radius 2 is 1.94 bits per heavy atom. The highest BCUT2D eigenvalue weighted by Gasteiger charge is 2.23. The Labute approximate surface area is 105 Å². The van der Waals surface area contributed by atoms with Crippen molar-refractivity contribution in [3.8, 4) is 0 Å². The van der Waals surface area contributed by atoms with Crippen LogP contribution in [0.1, 0.15) is 5.56 Å². The number of benzene rings is 1. The summed E-state index contributed by atoms with van der Waals surface area (Å²) in [4.78, 5) is 1.76. The quantitative estimate of drug-likeness (QED) is 0.774. The fraction of sp³-hybridized carbons (Fsp3) is 0.455. The van der Waals surface area contributed by atoms with E-state index >= 15 is 0 Å². The minimum atomic E-state index is -2.93. The van der Waals surface area contributed by atoms with Gasteiger partial charge in [0.15, 0.2) is 9.84 Å². The van der Waals surface area contributed by atoms with Crippen molar-refractivity contribution < 1.29 is 12.8 Å². The molecule has 0 unspecified atom stereocenters. The van der Waals surface area contributed by atoms with Gasteiger partial charge in [0.05, 0.1) is 17.2 Å². The number of halogens is 2. The second-order valence-electron chi connectivity index (χ2n) is 4.06. The van der Waals surface area contributed by atoms with Crippen LogP contribution in [0.3, 0.4) is 0 Å². The van der Waals surface area contributed by atoms with Gasteiger partial charge >= 0.3 is 0 Å². The topological polar surface area (TPSA) is 37.4 Å². The van der Waals surface area contributed by atoms with E-state index in [0.717, 1.165) is 5.56 Å². The second-order valence-corrected chi connectivity index (χ2v) is 6.63. The smallest absolute Gasteiger partial charge is 0.153 e. The summed E-state index contributed by atoms with van der Waals surface area (Å²) >= 11 is 5.61. The number of alkyl halides is 1. The third-order valence-electron chi connectivity index (χ3n) is 2.85. The molecule has 0 saturated carbocycles. The van der Waals surface area contributed by atoms with E-state index in [1.165, 1.54) is 6.07 Å². The fourth-order valence-corrected chi connectivity index (χ4v) is 3.21. The predicted molar refractivity (Wildman–Crippen MR) is 66.8 cm³/mol. The van der Waals surface area contributed by atoms with E-state index in [1.807, 2.05) is 0 Å². The van der Waals surface area contributed by atoms with E-state index < -0.39 is 9.84 Å². The van der Waals surface area contributed by atoms with E-state index in [-0.39, 0.29) is 23.2 Å². The standard InChI is InChI=1S/C11H13ClFNO2S/c12-8-9-1-2-11(10(13)7-9)14-3-5-17(15,16)6-4-14/h1-2,7H,3-6,8H2. The zero-order valence-electron chi connectivity index (χ0n) is 9.20. The molecule has 1 fully saturated rings. The summed E-state index contributed by atoms with van der Waals surface area (Å²) in [6, 6.07) is 4.81. The molecule has 0 amide bonds. The van der Waals surface area contributed by atoms with Crippen LogP contribution in [0, 0.1) is 5.82 Å². The molecule has 2 rings (SSSR count). The number of sulfone groups is 1. The monoisotopic (exact) mass is 277 g/mol. The molecule has 0 bridgehead atoms. The van der Waals surface area contributed by atoms with Crippen LogP contribution in [0.5, 0.6) is 0 Å². The third kappa shape index (κ3) is 2.90. The highest BCUT2D eigenvalue weighted by atomic mass is 35.5. The first kappa shape index (κ1) is 12.6. The first-order chi connectivity index (χ1) is 8.02. The van der Waals surface area contributed by atoms with Crippen LogP contribution in [-0.4, -0.2) is 33.0 Å². The molecule has 0 spiro atoms. The number of rotatable bonds is 2. The number of hydrogen-bond acceptors (Lipinski definition) is 3. The van der Waals surface area contributed by atoms with Gasteiger partial charge in [-0.25, -0.2) is 12.8 Å². The average Bonchev–Trinajstić information content (AvgIpc) is 2.29. The van der Waals surface area contributed by atoms with Crippen molar-refractivity contribution in [1.29, 1.82) is 0 Å². The minimum absolute atomic E-state index is 0.0870. The summed E-state index contributed by atoms with van der Waals surface area (Å²) in [7, 11) is -2.93. The lowest BCUT2D eigenvalue weighted by Crippen LogP contribution is -2.40. The highest BCUT2D eigenvalue weighted by Crippen LogP contribution is 2.23. The maximum atomic E-state index is 13.8. The zero-order chi connectivity index (χ0) is 12.5. The molecule has 17 heavy (non-hydrogen) atoms. The summed E-state index contributed by atoms with van der Waals surface area (Å²) in [5.74, 6) is 0.0985. The Morgan fingerprint density at radius 1 is 1.29 bits per heavy atom. The van der Waals surface area contributed by atoms with Crippen molar-refractivity contribution in [2.45, 2.75) is 5.88 Å². The van der Waals surface area contributed by atoms with Gasteiger partial charge in [-0.1, -0.05) is 6.07 Å². The van der Waals surface area contributed by atoms with Gasteiger partial charge in [-0.15, -0.1) is 11.6 Å². The van der Waals surface area contributed by atoms with Gasteiger partial charge in [0.1, 0.15) is 5.82 Å². The molecule has 1 aromatic carbocycles. The van der Waals surface area contributed by atoms with Gasteiger partial charge in [-0.05, 0) is 17.7 Å². The number of anilines is 1. The summed E-state index contributed by atoms with van der Waals surface area (Å²) in [6.07, 6.45) is 0. The van der Waals surface area contributed by atoms with E-state index in [1.54, 1.807) is 17.0 Å². The molecule has 0 radical (unpaired) electrons. The van der Waals surface area contributed by atoms with Crippen molar-refractivity contribution in [2.75, 3.05) is 29.5 Å². The van der Waals surface area contributed by atoms with Gasteiger partial charge < -0.3 is 4.90 Å². The maximum Gasteiger partial charge on any atom is 0.153 e. The Morgan fingerprint density at radius 3 is 2.47 bits per heavy atom. The number of hydrogen-bond donors (Lipinski definition) is 0. The largest absolute Gasteiger partial charge is 0.367 e. The summed E-state index contributed by atoms with van der Waals surface area (Å²) in [5, 5.41) is 0. The molecule has 1 saturated heterocycles. The van der Waals surface area contributed by atoms with Crippen LogP contribution < -0.4 is 4.90 Å². The van der Waals surface area contributed by atoms with Crippen LogP contribution in [0.25, 0.3) is 0 Å². The average molecular weight is 278 g/mol. The molecular formula is C11H13ClFNO2S. The van der Waals surface area contributed by atoms with Crippen molar-refractivity contribution in [3.05, 3.63) is 29.6 Å². The van der Waals surface area contributed by atoms with E-state index in [9.17, 15) is 12.8 Å². The van der Waals surface area contributed by atoms with Crippen LogP contribution >= 0.6 is 11.6 Å². The third-order valence-corrected chi connectivity index (χ3v) is 4.77. The molecule has 1 heterocycles. The van der Waals surface area contributed by atoms with Crippen LogP contribution in [-0.2, 0) is 15.7 Å². The lowest BCUT2D eigenvalue weighted by Gasteiger charge is -2.29. The number of nitrogens with zero attached hydrogens (tertiary/aromatic N) is 1. The molecule has 0 aromatic heterocycles. The lowest BCUT2D eigenvalue weighted by molar-refractivity contribution is 0.581. The van der Waals surface area contributed by atoms with Crippen molar-refractivity contribution >= 4 is 27.1 Å². The summed E-state index contributed by atoms with van der Waals surface area (Å²) < 4.78 is 36.3. The Bertz CT molecular complexity index is 504. The van der Waals surface area contributed by atoms with Crippen LogP contribution in [0.4, 0.5) is 10.1 Å². The second kappa shape index (κ2) is 4.82. The van der Waals surface area contributed by atoms with Crippen molar-refractivity contribution in [3.63, 3.8) is 0 Å². The zero-order valence-corrected chi connectivity index (χ0v) is 10.8. The highest BCUT2D eigenvalue weighted by molar-refractivity contribution is 7.91. The SMILES string of the molecule is O=S1(=O)CCN(c2ccc(CCl)cc2F)CC1. The summed E-state index contributed by atoms with van der Waals surface area (Å²) in [6.45, 7) is 0.693. The molecule has 3 nitrogen and oxygen atoms in total. The van der Waals surface area contributed by atoms with E-state index in [2.05, 4.69) is 0 Å². The Balaban J connectivity index is 2.19. The van der Waals surface area contributed by atoms with Gasteiger partial charge in [0, 0.05) is 19.0 Å². The van der Waals surface area contributed by atoms with E-state index in [4.69, 9.17) is 11.6 Å².